The minimum Gasteiger partial charge on any atom is -0.338 e. The zero-order valence-corrected chi connectivity index (χ0v) is 13.1. The van der Waals surface area contributed by atoms with E-state index in [-0.39, 0.29) is 0 Å². The number of hydrogen-bond acceptors (Lipinski definition) is 3. The van der Waals surface area contributed by atoms with Gasteiger partial charge in [0.05, 0.1) is 6.42 Å². The second kappa shape index (κ2) is 6.27. The third-order valence-electron chi connectivity index (χ3n) is 4.79. The predicted molar refractivity (Wildman–Crippen MR) is 83.0 cm³/mol. The van der Waals surface area contributed by atoms with Gasteiger partial charge in [-0.05, 0) is 50.2 Å². The van der Waals surface area contributed by atoms with E-state index in [1.807, 2.05) is 6.07 Å². The van der Waals surface area contributed by atoms with Crippen molar-refractivity contribution in [1.82, 2.24) is 9.80 Å². The van der Waals surface area contributed by atoms with Crippen molar-refractivity contribution in [2.45, 2.75) is 51.1 Å². The van der Waals surface area contributed by atoms with E-state index in [4.69, 9.17) is 0 Å². The fourth-order valence-corrected chi connectivity index (χ4v) is 4.54. The van der Waals surface area contributed by atoms with Crippen LogP contribution in [0, 0.1) is 0 Å². The lowest BCUT2D eigenvalue weighted by Gasteiger charge is -2.34. The van der Waals surface area contributed by atoms with Crippen LogP contribution < -0.4 is 0 Å². The molecule has 1 aromatic heterocycles. The van der Waals surface area contributed by atoms with Crippen molar-refractivity contribution in [3.05, 3.63) is 22.4 Å². The molecule has 0 aromatic carbocycles. The predicted octanol–water partition coefficient (Wildman–Crippen LogP) is 2.77. The van der Waals surface area contributed by atoms with Crippen LogP contribution in [0.4, 0.5) is 0 Å². The van der Waals surface area contributed by atoms with E-state index in [0.717, 1.165) is 13.1 Å². The van der Waals surface area contributed by atoms with Gasteiger partial charge in [-0.3, -0.25) is 9.69 Å². The van der Waals surface area contributed by atoms with Gasteiger partial charge in [-0.1, -0.05) is 13.0 Å². The molecule has 2 fully saturated rings. The van der Waals surface area contributed by atoms with Crippen LogP contribution in [0.3, 0.4) is 0 Å². The fraction of sp³-hybridized carbons (Fsp3) is 0.688. The molecule has 2 saturated heterocycles. The standard InChI is InChI=1S/C16H24N2OS/c1-2-17-9-3-7-14(17)15-8-4-10-18(15)16(19)12-13-6-5-11-20-13/h5-6,11,14-15H,2-4,7-10,12H2,1H3/t14-,15-/m0/s1. The average Bonchev–Trinajstić information content (AvgIpc) is 3.18. The van der Waals surface area contributed by atoms with Gasteiger partial charge in [0.15, 0.2) is 0 Å². The van der Waals surface area contributed by atoms with Gasteiger partial charge < -0.3 is 4.90 Å². The largest absolute Gasteiger partial charge is 0.338 e. The number of nitrogens with zero attached hydrogens (tertiary/aromatic N) is 2. The summed E-state index contributed by atoms with van der Waals surface area (Å²) < 4.78 is 0. The molecule has 2 atom stereocenters. The van der Waals surface area contributed by atoms with Crippen molar-refractivity contribution in [2.75, 3.05) is 19.6 Å². The van der Waals surface area contributed by atoms with Crippen molar-refractivity contribution in [1.29, 1.82) is 0 Å². The highest BCUT2D eigenvalue weighted by Gasteiger charge is 2.38. The van der Waals surface area contributed by atoms with Crippen LogP contribution in [0.2, 0.25) is 0 Å². The summed E-state index contributed by atoms with van der Waals surface area (Å²) >= 11 is 1.69. The number of carbonyl (C=O) groups is 1. The number of carbonyl (C=O) groups excluding carboxylic acids is 1. The molecule has 20 heavy (non-hydrogen) atoms. The minimum atomic E-state index is 0.331. The van der Waals surface area contributed by atoms with E-state index in [9.17, 15) is 4.79 Å². The lowest BCUT2D eigenvalue weighted by atomic mass is 10.0. The van der Waals surface area contributed by atoms with E-state index in [0.29, 0.717) is 24.4 Å². The van der Waals surface area contributed by atoms with Gasteiger partial charge in [-0.25, -0.2) is 0 Å². The zero-order chi connectivity index (χ0) is 13.9. The molecular weight excluding hydrogens is 268 g/mol. The van der Waals surface area contributed by atoms with Crippen LogP contribution in [0.15, 0.2) is 17.5 Å². The molecule has 2 aliphatic rings. The van der Waals surface area contributed by atoms with Crippen LogP contribution in [0.1, 0.15) is 37.5 Å². The summed E-state index contributed by atoms with van der Waals surface area (Å²) in [6.07, 6.45) is 5.52. The highest BCUT2D eigenvalue weighted by molar-refractivity contribution is 7.10. The van der Waals surface area contributed by atoms with Crippen molar-refractivity contribution in [3.8, 4) is 0 Å². The molecule has 0 N–H and O–H groups in total. The van der Waals surface area contributed by atoms with Crippen molar-refractivity contribution < 1.29 is 4.79 Å². The maximum Gasteiger partial charge on any atom is 0.228 e. The van der Waals surface area contributed by atoms with Gasteiger partial charge in [-0.15, -0.1) is 11.3 Å². The van der Waals surface area contributed by atoms with Crippen molar-refractivity contribution >= 4 is 17.2 Å². The Morgan fingerprint density at radius 1 is 1.30 bits per heavy atom. The maximum atomic E-state index is 12.6. The molecule has 2 aliphatic heterocycles. The summed E-state index contributed by atoms with van der Waals surface area (Å²) in [5.74, 6) is 0.331. The van der Waals surface area contributed by atoms with Gasteiger partial charge >= 0.3 is 0 Å². The normalized spacial score (nSPS) is 27.4. The van der Waals surface area contributed by atoms with Gasteiger partial charge in [0.25, 0.3) is 0 Å². The number of likely N-dealkylation sites (tertiary alicyclic amines) is 2. The SMILES string of the molecule is CCN1CCC[C@H]1[C@@H]1CCCN1C(=O)Cc1cccs1. The molecule has 110 valence electrons. The minimum absolute atomic E-state index is 0.331. The molecule has 1 aromatic rings. The first kappa shape index (κ1) is 14.1. The van der Waals surface area contributed by atoms with Gasteiger partial charge in [0, 0.05) is 23.5 Å². The van der Waals surface area contributed by atoms with E-state index < -0.39 is 0 Å². The molecule has 0 aliphatic carbocycles. The fourth-order valence-electron chi connectivity index (χ4n) is 3.85. The third kappa shape index (κ3) is 2.77. The molecule has 0 spiro atoms. The Balaban J connectivity index is 1.67. The van der Waals surface area contributed by atoms with Crippen LogP contribution in [0.25, 0.3) is 0 Å². The summed E-state index contributed by atoms with van der Waals surface area (Å²) in [5, 5.41) is 2.06. The second-order valence-electron chi connectivity index (χ2n) is 5.89. The van der Waals surface area contributed by atoms with Gasteiger partial charge in [0.1, 0.15) is 0 Å². The van der Waals surface area contributed by atoms with Crippen LogP contribution in [0.5, 0.6) is 0 Å². The molecule has 0 radical (unpaired) electrons. The summed E-state index contributed by atoms with van der Waals surface area (Å²) in [7, 11) is 0. The highest BCUT2D eigenvalue weighted by atomic mass is 32.1. The Morgan fingerprint density at radius 3 is 2.85 bits per heavy atom. The first-order valence-corrected chi connectivity index (χ1v) is 8.73. The molecule has 3 heterocycles. The molecular formula is C16H24N2OS. The number of likely N-dealkylation sites (N-methyl/N-ethyl adjacent to an activating group) is 1. The Bertz CT molecular complexity index is 445. The lowest BCUT2D eigenvalue weighted by molar-refractivity contribution is -0.132. The van der Waals surface area contributed by atoms with Crippen LogP contribution >= 0.6 is 11.3 Å². The van der Waals surface area contributed by atoms with Crippen LogP contribution in [-0.4, -0.2) is 47.4 Å². The molecule has 4 heteroatoms. The van der Waals surface area contributed by atoms with Crippen molar-refractivity contribution in [2.24, 2.45) is 0 Å². The maximum absolute atomic E-state index is 12.6. The van der Waals surface area contributed by atoms with Gasteiger partial charge in [0.2, 0.25) is 5.91 Å². The Hall–Kier alpha value is -0.870. The molecule has 0 saturated carbocycles. The zero-order valence-electron chi connectivity index (χ0n) is 12.3. The smallest absolute Gasteiger partial charge is 0.228 e. The number of rotatable bonds is 4. The van der Waals surface area contributed by atoms with Crippen LogP contribution in [-0.2, 0) is 11.2 Å². The number of hydrogen-bond donors (Lipinski definition) is 0. The summed E-state index contributed by atoms with van der Waals surface area (Å²) in [6, 6.07) is 5.17. The average molecular weight is 292 g/mol. The molecule has 3 nitrogen and oxygen atoms in total. The lowest BCUT2D eigenvalue weighted by Crippen LogP contribution is -2.48. The summed E-state index contributed by atoms with van der Waals surface area (Å²) in [4.78, 5) is 18.5. The van der Waals surface area contributed by atoms with E-state index in [1.165, 1.54) is 37.1 Å². The first-order valence-electron chi connectivity index (χ1n) is 7.85. The summed E-state index contributed by atoms with van der Waals surface area (Å²) in [5.41, 5.74) is 0. The third-order valence-corrected chi connectivity index (χ3v) is 5.67. The quantitative estimate of drug-likeness (QED) is 0.852. The van der Waals surface area contributed by atoms with E-state index >= 15 is 0 Å². The number of thiophene rings is 1. The molecule has 0 unspecified atom stereocenters. The molecule has 1 amide bonds. The van der Waals surface area contributed by atoms with Crippen molar-refractivity contribution in [3.63, 3.8) is 0 Å². The number of amides is 1. The Kier molecular flexibility index (Phi) is 4.41. The topological polar surface area (TPSA) is 23.6 Å². The Morgan fingerprint density at radius 2 is 2.10 bits per heavy atom. The Labute approximate surface area is 125 Å². The second-order valence-corrected chi connectivity index (χ2v) is 6.92. The molecule has 3 rings (SSSR count). The van der Waals surface area contributed by atoms with E-state index in [2.05, 4.69) is 28.2 Å². The van der Waals surface area contributed by atoms with E-state index in [1.54, 1.807) is 11.3 Å². The summed E-state index contributed by atoms with van der Waals surface area (Å²) in [6.45, 7) is 5.53. The molecule has 0 bridgehead atoms. The highest BCUT2D eigenvalue weighted by Crippen LogP contribution is 2.30. The monoisotopic (exact) mass is 292 g/mol. The first-order chi connectivity index (χ1) is 9.79. The van der Waals surface area contributed by atoms with Gasteiger partial charge in [-0.2, -0.15) is 0 Å².